The quantitative estimate of drug-likeness (QED) is 0.505. The van der Waals surface area contributed by atoms with E-state index in [9.17, 15) is 22.4 Å². The molecule has 0 aliphatic carbocycles. The monoisotopic (exact) mass is 268 g/mol. The van der Waals surface area contributed by atoms with Gasteiger partial charge in [-0.2, -0.15) is 0 Å². The van der Waals surface area contributed by atoms with Crippen molar-refractivity contribution in [2.45, 2.75) is 0 Å². The SMILES string of the molecule is O=C(Nc1c[c]ccc1)c1cc(F)c(F)c(F)c1F. The summed E-state index contributed by atoms with van der Waals surface area (Å²) in [7, 11) is 0. The Hall–Kier alpha value is -2.37. The van der Waals surface area contributed by atoms with Crippen molar-refractivity contribution in [3.63, 3.8) is 0 Å². The van der Waals surface area contributed by atoms with Crippen LogP contribution in [0.15, 0.2) is 30.3 Å². The van der Waals surface area contributed by atoms with Crippen LogP contribution >= 0.6 is 0 Å². The van der Waals surface area contributed by atoms with Gasteiger partial charge < -0.3 is 5.32 Å². The van der Waals surface area contributed by atoms with Crippen LogP contribution in [0.25, 0.3) is 0 Å². The zero-order valence-corrected chi connectivity index (χ0v) is 9.31. The lowest BCUT2D eigenvalue weighted by Crippen LogP contribution is -2.16. The number of amides is 1. The Balaban J connectivity index is 2.35. The molecule has 2 aromatic rings. The molecule has 0 saturated carbocycles. The van der Waals surface area contributed by atoms with Crippen LogP contribution in [0.4, 0.5) is 23.2 Å². The molecule has 0 unspecified atom stereocenters. The maximum absolute atomic E-state index is 13.3. The van der Waals surface area contributed by atoms with Gasteiger partial charge in [0.1, 0.15) is 0 Å². The van der Waals surface area contributed by atoms with Crippen LogP contribution in [0.1, 0.15) is 10.4 Å². The number of hydrogen-bond acceptors (Lipinski definition) is 1. The van der Waals surface area contributed by atoms with E-state index in [1.807, 2.05) is 0 Å². The molecule has 0 aliphatic rings. The van der Waals surface area contributed by atoms with Crippen molar-refractivity contribution in [3.8, 4) is 0 Å². The highest BCUT2D eigenvalue weighted by atomic mass is 19.2. The summed E-state index contributed by atoms with van der Waals surface area (Å²) in [5.41, 5.74) is -0.655. The zero-order valence-electron chi connectivity index (χ0n) is 9.31. The molecule has 2 aromatic carbocycles. The fourth-order valence-corrected chi connectivity index (χ4v) is 1.41. The minimum absolute atomic E-state index is 0.261. The maximum Gasteiger partial charge on any atom is 0.258 e. The lowest BCUT2D eigenvalue weighted by molar-refractivity contribution is 0.102. The second-order valence-electron chi connectivity index (χ2n) is 3.59. The number of carbonyl (C=O) groups is 1. The summed E-state index contributed by atoms with van der Waals surface area (Å²) in [6, 6.07) is 8.92. The van der Waals surface area contributed by atoms with Crippen LogP contribution < -0.4 is 5.32 Å². The molecule has 97 valence electrons. The topological polar surface area (TPSA) is 29.1 Å². The van der Waals surface area contributed by atoms with E-state index >= 15 is 0 Å². The smallest absolute Gasteiger partial charge is 0.258 e. The van der Waals surface area contributed by atoms with Crippen molar-refractivity contribution in [2.24, 2.45) is 0 Å². The third-order valence-corrected chi connectivity index (χ3v) is 2.31. The summed E-state index contributed by atoms with van der Waals surface area (Å²) in [5, 5.41) is 2.21. The highest BCUT2D eigenvalue weighted by molar-refractivity contribution is 6.04. The average Bonchev–Trinajstić information content (AvgIpc) is 2.41. The number of carbonyl (C=O) groups excluding carboxylic acids is 1. The Labute approximate surface area is 105 Å². The highest BCUT2D eigenvalue weighted by Crippen LogP contribution is 2.19. The predicted octanol–water partition coefficient (Wildman–Crippen LogP) is 3.30. The van der Waals surface area contributed by atoms with Gasteiger partial charge in [-0.1, -0.05) is 12.1 Å². The number of benzene rings is 2. The third-order valence-electron chi connectivity index (χ3n) is 2.31. The van der Waals surface area contributed by atoms with Crippen molar-refractivity contribution in [2.75, 3.05) is 5.32 Å². The van der Waals surface area contributed by atoms with Crippen molar-refractivity contribution in [3.05, 3.63) is 65.2 Å². The molecule has 0 saturated heterocycles. The van der Waals surface area contributed by atoms with Crippen LogP contribution in [0.3, 0.4) is 0 Å². The van der Waals surface area contributed by atoms with E-state index in [4.69, 9.17) is 0 Å². The summed E-state index contributed by atoms with van der Waals surface area (Å²) >= 11 is 0. The molecule has 19 heavy (non-hydrogen) atoms. The van der Waals surface area contributed by atoms with Gasteiger partial charge in [-0.05, 0) is 24.3 Å². The second-order valence-corrected chi connectivity index (χ2v) is 3.59. The van der Waals surface area contributed by atoms with Crippen molar-refractivity contribution < 1.29 is 22.4 Å². The molecule has 0 bridgehead atoms. The highest BCUT2D eigenvalue weighted by Gasteiger charge is 2.22. The fourth-order valence-electron chi connectivity index (χ4n) is 1.41. The van der Waals surface area contributed by atoms with Gasteiger partial charge in [-0.25, -0.2) is 17.6 Å². The molecule has 0 aromatic heterocycles. The lowest BCUT2D eigenvalue weighted by atomic mass is 10.1. The van der Waals surface area contributed by atoms with Gasteiger partial charge in [0, 0.05) is 5.69 Å². The van der Waals surface area contributed by atoms with Gasteiger partial charge in [0.15, 0.2) is 23.3 Å². The first-order valence-corrected chi connectivity index (χ1v) is 5.11. The Morgan fingerprint density at radius 1 is 1.11 bits per heavy atom. The number of rotatable bonds is 2. The van der Waals surface area contributed by atoms with Gasteiger partial charge in [0.25, 0.3) is 5.91 Å². The van der Waals surface area contributed by atoms with E-state index in [2.05, 4.69) is 11.4 Å². The fraction of sp³-hybridized carbons (Fsp3) is 0. The van der Waals surface area contributed by atoms with E-state index < -0.39 is 34.7 Å². The first kappa shape index (κ1) is 13.1. The minimum Gasteiger partial charge on any atom is -0.322 e. The van der Waals surface area contributed by atoms with Gasteiger partial charge in [0.05, 0.1) is 5.56 Å². The van der Waals surface area contributed by atoms with Gasteiger partial charge in [-0.15, -0.1) is 0 Å². The van der Waals surface area contributed by atoms with Crippen LogP contribution in [0.5, 0.6) is 0 Å². The van der Waals surface area contributed by atoms with Crippen LogP contribution in [0, 0.1) is 29.3 Å². The number of anilines is 1. The molecular formula is C13H6F4NO. The molecule has 0 heterocycles. The molecule has 2 rings (SSSR count). The van der Waals surface area contributed by atoms with Crippen LogP contribution in [-0.4, -0.2) is 5.91 Å². The molecule has 1 amide bonds. The van der Waals surface area contributed by atoms with Crippen molar-refractivity contribution in [1.82, 2.24) is 0 Å². The van der Waals surface area contributed by atoms with Crippen LogP contribution in [-0.2, 0) is 0 Å². The third kappa shape index (κ3) is 2.57. The predicted molar refractivity (Wildman–Crippen MR) is 59.5 cm³/mol. The van der Waals surface area contributed by atoms with E-state index in [0.717, 1.165) is 0 Å². The summed E-state index contributed by atoms with van der Waals surface area (Å²) in [6.45, 7) is 0. The first-order chi connectivity index (χ1) is 9.00. The number of hydrogen-bond donors (Lipinski definition) is 1. The zero-order chi connectivity index (χ0) is 14.0. The summed E-state index contributed by atoms with van der Waals surface area (Å²) in [6.07, 6.45) is 0. The van der Waals surface area contributed by atoms with Gasteiger partial charge in [-0.3, -0.25) is 4.79 Å². The van der Waals surface area contributed by atoms with Gasteiger partial charge >= 0.3 is 0 Å². The lowest BCUT2D eigenvalue weighted by Gasteiger charge is -2.07. The molecular weight excluding hydrogens is 262 g/mol. The molecule has 0 aliphatic heterocycles. The Morgan fingerprint density at radius 2 is 1.84 bits per heavy atom. The number of nitrogens with one attached hydrogen (secondary N) is 1. The number of halogens is 4. The van der Waals surface area contributed by atoms with Crippen LogP contribution in [0.2, 0.25) is 0 Å². The summed E-state index contributed by atoms with van der Waals surface area (Å²) in [4.78, 5) is 11.6. The minimum atomic E-state index is -2.02. The van der Waals surface area contributed by atoms with E-state index in [1.54, 1.807) is 12.1 Å². The van der Waals surface area contributed by atoms with Crippen molar-refractivity contribution in [1.29, 1.82) is 0 Å². The largest absolute Gasteiger partial charge is 0.322 e. The van der Waals surface area contributed by atoms with E-state index in [0.29, 0.717) is 6.07 Å². The van der Waals surface area contributed by atoms with E-state index in [-0.39, 0.29) is 5.69 Å². The molecule has 1 radical (unpaired) electrons. The van der Waals surface area contributed by atoms with Crippen molar-refractivity contribution >= 4 is 11.6 Å². The Bertz CT molecular complexity index is 628. The second kappa shape index (κ2) is 5.09. The average molecular weight is 268 g/mol. The Morgan fingerprint density at radius 3 is 2.47 bits per heavy atom. The molecule has 0 spiro atoms. The molecule has 6 heteroatoms. The summed E-state index contributed by atoms with van der Waals surface area (Å²) in [5.74, 6) is -8.44. The first-order valence-electron chi connectivity index (χ1n) is 5.11. The summed E-state index contributed by atoms with van der Waals surface area (Å²) < 4.78 is 52.0. The molecule has 2 nitrogen and oxygen atoms in total. The molecule has 1 N–H and O–H groups in total. The maximum atomic E-state index is 13.3. The molecule has 0 atom stereocenters. The standard InChI is InChI=1S/C13H6F4NO/c14-9-6-8(10(15)12(17)11(9)16)13(19)18-7-4-2-1-3-5-7/h1-2,4-6H,(H,18,19). The molecule has 0 fully saturated rings. The van der Waals surface area contributed by atoms with E-state index in [1.165, 1.54) is 12.1 Å². The normalized spacial score (nSPS) is 10.3. The Kier molecular flexibility index (Phi) is 3.50. The van der Waals surface area contributed by atoms with Gasteiger partial charge in [0.2, 0.25) is 0 Å².